The van der Waals surface area contributed by atoms with Gasteiger partial charge in [0.2, 0.25) is 0 Å². The van der Waals surface area contributed by atoms with Crippen LogP contribution < -0.4 is 5.73 Å². The molecule has 70 valence electrons. The van der Waals surface area contributed by atoms with Crippen molar-refractivity contribution in [2.75, 3.05) is 12.8 Å². The fourth-order valence-electron chi connectivity index (χ4n) is 0.656. The first-order valence-electron chi connectivity index (χ1n) is 4.01. The van der Waals surface area contributed by atoms with Crippen molar-refractivity contribution in [1.29, 1.82) is 5.26 Å². The van der Waals surface area contributed by atoms with Gasteiger partial charge in [-0.15, -0.1) is 0 Å². The Hall–Kier alpha value is -0.360. The standard InChI is InChI=1S/C7H15N2O2P/c1-2-12(10)11-5-3-4-7(9)6-8/h7,12H,2-5,9H2,1H3. The van der Waals surface area contributed by atoms with Gasteiger partial charge in [-0.2, -0.15) is 5.26 Å². The van der Waals surface area contributed by atoms with E-state index in [-0.39, 0.29) is 0 Å². The molecule has 0 aliphatic rings. The first-order valence-corrected chi connectivity index (χ1v) is 5.54. The Balaban J connectivity index is 3.23. The van der Waals surface area contributed by atoms with Crippen LogP contribution in [0.5, 0.6) is 0 Å². The third kappa shape index (κ3) is 6.36. The van der Waals surface area contributed by atoms with Gasteiger partial charge < -0.3 is 10.3 Å². The molecule has 0 rings (SSSR count). The Bertz CT molecular complexity index is 179. The van der Waals surface area contributed by atoms with E-state index >= 15 is 0 Å². The lowest BCUT2D eigenvalue weighted by Gasteiger charge is -2.02. The average molecular weight is 190 g/mol. The van der Waals surface area contributed by atoms with Crippen LogP contribution in [-0.2, 0) is 9.09 Å². The molecule has 0 saturated heterocycles. The molecule has 5 heteroatoms. The molecule has 0 aromatic carbocycles. The first kappa shape index (κ1) is 11.6. The van der Waals surface area contributed by atoms with Gasteiger partial charge in [-0.25, -0.2) is 0 Å². The van der Waals surface area contributed by atoms with Gasteiger partial charge in [0, 0.05) is 6.16 Å². The highest BCUT2D eigenvalue weighted by Crippen LogP contribution is 2.20. The maximum Gasteiger partial charge on any atom is 0.191 e. The van der Waals surface area contributed by atoms with E-state index in [1.807, 2.05) is 13.0 Å². The molecule has 0 spiro atoms. The Morgan fingerprint density at radius 3 is 2.92 bits per heavy atom. The highest BCUT2D eigenvalue weighted by atomic mass is 31.1. The van der Waals surface area contributed by atoms with Crippen LogP contribution in [0.4, 0.5) is 0 Å². The van der Waals surface area contributed by atoms with Crippen LogP contribution in [0.25, 0.3) is 0 Å². The number of hydrogen-bond acceptors (Lipinski definition) is 4. The van der Waals surface area contributed by atoms with E-state index in [1.165, 1.54) is 0 Å². The molecule has 2 N–H and O–H groups in total. The maximum atomic E-state index is 10.8. The van der Waals surface area contributed by atoms with E-state index in [0.717, 1.165) is 0 Å². The molecule has 4 nitrogen and oxygen atoms in total. The van der Waals surface area contributed by atoms with Gasteiger partial charge in [0.15, 0.2) is 8.03 Å². The van der Waals surface area contributed by atoms with Crippen molar-refractivity contribution in [3.8, 4) is 6.07 Å². The van der Waals surface area contributed by atoms with Gasteiger partial charge >= 0.3 is 0 Å². The molecule has 0 aliphatic carbocycles. The Morgan fingerprint density at radius 2 is 2.42 bits per heavy atom. The third-order valence-electron chi connectivity index (χ3n) is 1.38. The lowest BCUT2D eigenvalue weighted by Crippen LogP contribution is -2.17. The van der Waals surface area contributed by atoms with Gasteiger partial charge in [0.1, 0.15) is 0 Å². The lowest BCUT2D eigenvalue weighted by molar-refractivity contribution is 0.317. The van der Waals surface area contributed by atoms with E-state index in [2.05, 4.69) is 0 Å². The van der Waals surface area contributed by atoms with Crippen molar-refractivity contribution in [3.63, 3.8) is 0 Å². The van der Waals surface area contributed by atoms with E-state index in [0.29, 0.717) is 25.6 Å². The Morgan fingerprint density at radius 1 is 1.75 bits per heavy atom. The minimum Gasteiger partial charge on any atom is -0.330 e. The Kier molecular flexibility index (Phi) is 7.08. The van der Waals surface area contributed by atoms with Crippen molar-refractivity contribution in [3.05, 3.63) is 0 Å². The van der Waals surface area contributed by atoms with Crippen LogP contribution in [0.3, 0.4) is 0 Å². The van der Waals surface area contributed by atoms with Gasteiger partial charge in [-0.3, -0.25) is 4.57 Å². The van der Waals surface area contributed by atoms with Crippen molar-refractivity contribution in [2.24, 2.45) is 5.73 Å². The normalized spacial score (nSPS) is 15.1. The van der Waals surface area contributed by atoms with Crippen molar-refractivity contribution in [1.82, 2.24) is 0 Å². The smallest absolute Gasteiger partial charge is 0.191 e. The van der Waals surface area contributed by atoms with Gasteiger partial charge in [-0.1, -0.05) is 6.92 Å². The summed E-state index contributed by atoms with van der Waals surface area (Å²) in [6, 6.07) is 1.50. The van der Waals surface area contributed by atoms with Crippen molar-refractivity contribution < 1.29 is 9.09 Å². The summed E-state index contributed by atoms with van der Waals surface area (Å²) >= 11 is 0. The second-order valence-electron chi connectivity index (χ2n) is 2.45. The summed E-state index contributed by atoms with van der Waals surface area (Å²) in [6.07, 6.45) is 1.88. The number of nitrogens with zero attached hydrogens (tertiary/aromatic N) is 1. The van der Waals surface area contributed by atoms with E-state index in [4.69, 9.17) is 15.5 Å². The van der Waals surface area contributed by atoms with Crippen LogP contribution in [-0.4, -0.2) is 18.8 Å². The largest absolute Gasteiger partial charge is 0.330 e. The molecule has 2 unspecified atom stereocenters. The van der Waals surface area contributed by atoms with Gasteiger partial charge in [0.25, 0.3) is 0 Å². The lowest BCUT2D eigenvalue weighted by atomic mass is 10.2. The van der Waals surface area contributed by atoms with Crippen molar-refractivity contribution in [2.45, 2.75) is 25.8 Å². The van der Waals surface area contributed by atoms with Crippen LogP contribution in [0.1, 0.15) is 19.8 Å². The predicted molar refractivity (Wildman–Crippen MR) is 48.3 cm³/mol. The zero-order chi connectivity index (χ0) is 9.40. The fourth-order valence-corrected chi connectivity index (χ4v) is 1.23. The first-order chi connectivity index (χ1) is 5.70. The molecule has 2 atom stereocenters. The minimum absolute atomic E-state index is 0.419. The number of nitrogens with two attached hydrogens (primary N) is 1. The highest BCUT2D eigenvalue weighted by Gasteiger charge is 2.00. The van der Waals surface area contributed by atoms with Gasteiger partial charge in [0.05, 0.1) is 18.7 Å². The summed E-state index contributed by atoms with van der Waals surface area (Å²) < 4.78 is 15.8. The fraction of sp³-hybridized carbons (Fsp3) is 0.857. The average Bonchev–Trinajstić information content (AvgIpc) is 2.11. The summed E-state index contributed by atoms with van der Waals surface area (Å²) in [6.45, 7) is 2.27. The molecule has 0 aliphatic heterocycles. The van der Waals surface area contributed by atoms with E-state index < -0.39 is 14.1 Å². The molecule has 0 heterocycles. The quantitative estimate of drug-likeness (QED) is 0.503. The topological polar surface area (TPSA) is 76.1 Å². The summed E-state index contributed by atoms with van der Waals surface area (Å²) in [5.41, 5.74) is 5.34. The molecular formula is C7H15N2O2P. The van der Waals surface area contributed by atoms with Crippen molar-refractivity contribution >= 4 is 8.03 Å². The zero-order valence-electron chi connectivity index (χ0n) is 7.25. The second-order valence-corrected chi connectivity index (χ2v) is 4.19. The molecule has 0 aromatic rings. The molecule has 0 radical (unpaired) electrons. The summed E-state index contributed by atoms with van der Waals surface area (Å²) in [7, 11) is -1.81. The molecule has 0 fully saturated rings. The molecule has 12 heavy (non-hydrogen) atoms. The third-order valence-corrected chi connectivity index (χ3v) is 2.48. The number of rotatable bonds is 6. The zero-order valence-corrected chi connectivity index (χ0v) is 8.25. The van der Waals surface area contributed by atoms with Gasteiger partial charge in [-0.05, 0) is 12.8 Å². The highest BCUT2D eigenvalue weighted by molar-refractivity contribution is 7.39. The summed E-state index contributed by atoms with van der Waals surface area (Å²) in [5, 5.41) is 8.32. The van der Waals surface area contributed by atoms with E-state index in [1.54, 1.807) is 0 Å². The molecule has 0 amide bonds. The number of nitriles is 1. The Labute approximate surface area is 73.6 Å². The molecule has 0 saturated carbocycles. The summed E-state index contributed by atoms with van der Waals surface area (Å²) in [4.78, 5) is 0. The van der Waals surface area contributed by atoms with Crippen LogP contribution >= 0.6 is 8.03 Å². The SMILES string of the molecule is CC[PH](=O)OCCCC(N)C#N. The maximum absolute atomic E-state index is 10.8. The van der Waals surface area contributed by atoms with Crippen LogP contribution in [0.15, 0.2) is 0 Å². The predicted octanol–water partition coefficient (Wildman–Crippen LogP) is 1.13. The second kappa shape index (κ2) is 7.30. The molecular weight excluding hydrogens is 175 g/mol. The minimum atomic E-state index is -1.81. The molecule has 0 bridgehead atoms. The van der Waals surface area contributed by atoms with Crippen LogP contribution in [0.2, 0.25) is 0 Å². The summed E-state index contributed by atoms with van der Waals surface area (Å²) in [5.74, 6) is 0. The van der Waals surface area contributed by atoms with E-state index in [9.17, 15) is 4.57 Å². The molecule has 0 aromatic heterocycles. The monoisotopic (exact) mass is 190 g/mol. The number of hydrogen-bond donors (Lipinski definition) is 1. The van der Waals surface area contributed by atoms with Crippen LogP contribution in [0, 0.1) is 11.3 Å².